The van der Waals surface area contributed by atoms with Crippen LogP contribution in [0.5, 0.6) is 17.2 Å². The van der Waals surface area contributed by atoms with E-state index in [2.05, 4.69) is 0 Å². The van der Waals surface area contributed by atoms with Crippen LogP contribution in [0.2, 0.25) is 0 Å². The number of carbonyl (C=O) groups excluding carboxylic acids is 2. The smallest absolute Gasteiger partial charge is 0.294 e. The van der Waals surface area contributed by atoms with Crippen LogP contribution < -0.4 is 9.47 Å². The van der Waals surface area contributed by atoms with Crippen LogP contribution in [0.1, 0.15) is 59.7 Å². The fraction of sp³-hybridized carbons (Fsp3) is 0.188. The first-order valence-corrected chi connectivity index (χ1v) is 14.0. The Bertz CT molecular complexity index is 1750. The van der Waals surface area contributed by atoms with Gasteiger partial charge in [-0.15, -0.1) is 0 Å². The normalized spacial score (nSPS) is 11.3. The molecule has 0 amide bonds. The predicted molar refractivity (Wildman–Crippen MR) is 153 cm³/mol. The zero-order valence-electron chi connectivity index (χ0n) is 23.2. The molecule has 0 saturated heterocycles. The molecular weight excluding hydrogens is 528 g/mol. The number of hydrogen-bond acceptors (Lipinski definition) is 6. The molecule has 4 aromatic rings. The first kappa shape index (κ1) is 28.7. The summed E-state index contributed by atoms with van der Waals surface area (Å²) in [6.45, 7) is 9.10. The second-order valence-corrected chi connectivity index (χ2v) is 11.1. The van der Waals surface area contributed by atoms with Crippen LogP contribution in [0.4, 0.5) is 0 Å². The lowest BCUT2D eigenvalue weighted by Crippen LogP contribution is -2.11. The molecule has 40 heavy (non-hydrogen) atoms. The molecule has 8 heteroatoms. The van der Waals surface area contributed by atoms with Gasteiger partial charge in [0.25, 0.3) is 10.1 Å². The maximum absolute atomic E-state index is 13.9. The van der Waals surface area contributed by atoms with Crippen molar-refractivity contribution in [1.82, 2.24) is 0 Å². The lowest BCUT2D eigenvalue weighted by atomic mass is 9.92. The highest BCUT2D eigenvalue weighted by Gasteiger charge is 2.26. The van der Waals surface area contributed by atoms with Gasteiger partial charge in [-0.1, -0.05) is 48.5 Å². The van der Waals surface area contributed by atoms with Crippen LogP contribution in [0, 0.1) is 34.6 Å². The second-order valence-electron chi connectivity index (χ2n) is 9.69. The summed E-state index contributed by atoms with van der Waals surface area (Å²) < 4.78 is 45.0. The van der Waals surface area contributed by atoms with Crippen LogP contribution in [0.3, 0.4) is 0 Å². The molecule has 0 spiro atoms. The molecule has 0 aliphatic carbocycles. The Morgan fingerprint density at radius 2 is 1.25 bits per heavy atom. The maximum atomic E-state index is 13.9. The molecule has 4 rings (SSSR count). The average Bonchev–Trinajstić information content (AvgIpc) is 2.90. The van der Waals surface area contributed by atoms with Crippen molar-refractivity contribution in [2.75, 3.05) is 7.11 Å². The molecule has 0 aliphatic heterocycles. The quantitative estimate of drug-likeness (QED) is 0.189. The molecule has 0 bridgehead atoms. The third-order valence-electron chi connectivity index (χ3n) is 6.87. The standard InChI is InChI=1S/C32H30O7S/c1-18-15-19(2)32(21(4)27(18)29(33)23-11-8-7-9-12-23)39-26-16-20(3)31(38-6)22(5)28(26)30(34)24-13-10-14-25(17-24)40(35,36)37/h7-17H,1-6H3,(H,35,36,37). The molecule has 0 saturated carbocycles. The summed E-state index contributed by atoms with van der Waals surface area (Å²) in [6, 6.07) is 17.7. The summed E-state index contributed by atoms with van der Waals surface area (Å²) in [6.07, 6.45) is 0. The second kappa shape index (κ2) is 11.1. The Morgan fingerprint density at radius 1 is 0.675 bits per heavy atom. The summed E-state index contributed by atoms with van der Waals surface area (Å²) in [5.41, 5.74) is 4.72. The van der Waals surface area contributed by atoms with Crippen molar-refractivity contribution in [3.8, 4) is 17.2 Å². The zero-order chi connectivity index (χ0) is 29.4. The van der Waals surface area contributed by atoms with Crippen molar-refractivity contribution in [1.29, 1.82) is 0 Å². The van der Waals surface area contributed by atoms with Crippen LogP contribution >= 0.6 is 0 Å². The van der Waals surface area contributed by atoms with Crippen LogP contribution in [-0.4, -0.2) is 31.6 Å². The van der Waals surface area contributed by atoms with Gasteiger partial charge in [-0.3, -0.25) is 14.1 Å². The zero-order valence-corrected chi connectivity index (χ0v) is 24.0. The van der Waals surface area contributed by atoms with Gasteiger partial charge in [-0.25, -0.2) is 0 Å². The molecule has 0 heterocycles. The van der Waals surface area contributed by atoms with E-state index in [9.17, 15) is 22.6 Å². The first-order chi connectivity index (χ1) is 18.8. The molecule has 4 aromatic carbocycles. The molecule has 0 radical (unpaired) electrons. The van der Waals surface area contributed by atoms with Crippen LogP contribution in [0.15, 0.2) is 71.6 Å². The van der Waals surface area contributed by atoms with E-state index in [0.717, 1.165) is 22.8 Å². The number of methoxy groups -OCH3 is 1. The summed E-state index contributed by atoms with van der Waals surface area (Å²) in [7, 11) is -3.02. The molecule has 1 N–H and O–H groups in total. The van der Waals surface area contributed by atoms with Crippen molar-refractivity contribution in [3.05, 3.63) is 117 Å². The van der Waals surface area contributed by atoms with E-state index in [1.807, 2.05) is 39.8 Å². The van der Waals surface area contributed by atoms with Crippen molar-refractivity contribution >= 4 is 21.7 Å². The van der Waals surface area contributed by atoms with Gasteiger partial charge in [-0.05, 0) is 69.5 Å². The lowest BCUT2D eigenvalue weighted by Gasteiger charge is -2.21. The Kier molecular flexibility index (Phi) is 7.95. The number of benzene rings is 4. The van der Waals surface area contributed by atoms with Gasteiger partial charge in [0.1, 0.15) is 17.2 Å². The molecule has 206 valence electrons. The van der Waals surface area contributed by atoms with E-state index in [-0.39, 0.29) is 22.7 Å². The average molecular weight is 559 g/mol. The summed E-state index contributed by atoms with van der Waals surface area (Å²) in [5.74, 6) is 0.500. The SMILES string of the molecule is COc1c(C)cc(Oc2c(C)cc(C)c(C(=O)c3ccccc3)c2C)c(C(=O)c2cccc(S(=O)(=O)O)c2)c1C. The fourth-order valence-corrected chi connectivity index (χ4v) is 5.59. The highest BCUT2D eigenvalue weighted by Crippen LogP contribution is 2.40. The van der Waals surface area contributed by atoms with E-state index in [1.54, 1.807) is 37.3 Å². The predicted octanol–water partition coefficient (Wildman–Crippen LogP) is 6.74. The third kappa shape index (κ3) is 5.41. The van der Waals surface area contributed by atoms with E-state index < -0.39 is 20.8 Å². The van der Waals surface area contributed by atoms with Crippen molar-refractivity contribution in [2.24, 2.45) is 0 Å². The molecular formula is C32H30O7S. The highest BCUT2D eigenvalue weighted by atomic mass is 32.2. The van der Waals surface area contributed by atoms with Gasteiger partial charge in [0.05, 0.1) is 17.6 Å². The highest BCUT2D eigenvalue weighted by molar-refractivity contribution is 7.85. The first-order valence-electron chi connectivity index (χ1n) is 12.5. The van der Waals surface area contributed by atoms with E-state index >= 15 is 0 Å². The lowest BCUT2D eigenvalue weighted by molar-refractivity contribution is 0.102. The largest absolute Gasteiger partial charge is 0.496 e. The van der Waals surface area contributed by atoms with E-state index in [4.69, 9.17) is 9.47 Å². The Morgan fingerprint density at radius 3 is 1.88 bits per heavy atom. The van der Waals surface area contributed by atoms with Crippen molar-refractivity contribution in [3.63, 3.8) is 0 Å². The monoisotopic (exact) mass is 558 g/mol. The molecule has 0 aliphatic rings. The fourth-order valence-electron chi connectivity index (χ4n) is 5.07. The number of carbonyl (C=O) groups is 2. The number of ether oxygens (including phenoxy) is 2. The molecule has 0 unspecified atom stereocenters. The third-order valence-corrected chi connectivity index (χ3v) is 7.72. The van der Waals surface area contributed by atoms with Gasteiger partial charge in [0, 0.05) is 27.8 Å². The Labute approximate surface area is 234 Å². The summed E-state index contributed by atoms with van der Waals surface area (Å²) in [4.78, 5) is 26.9. The number of ketones is 2. The molecule has 0 aromatic heterocycles. The van der Waals surface area contributed by atoms with E-state index in [1.165, 1.54) is 25.3 Å². The van der Waals surface area contributed by atoms with Crippen molar-refractivity contribution < 1.29 is 32.0 Å². The van der Waals surface area contributed by atoms with Gasteiger partial charge >= 0.3 is 0 Å². The maximum Gasteiger partial charge on any atom is 0.294 e. The topological polar surface area (TPSA) is 107 Å². The van der Waals surface area contributed by atoms with E-state index in [0.29, 0.717) is 33.8 Å². The van der Waals surface area contributed by atoms with Crippen LogP contribution in [0.25, 0.3) is 0 Å². The van der Waals surface area contributed by atoms with Crippen LogP contribution in [-0.2, 0) is 10.1 Å². The number of rotatable bonds is 8. The minimum Gasteiger partial charge on any atom is -0.496 e. The minimum atomic E-state index is -4.52. The molecule has 0 fully saturated rings. The Hall–Kier alpha value is -4.27. The number of hydrogen-bond donors (Lipinski definition) is 1. The van der Waals surface area contributed by atoms with Gasteiger partial charge in [0.2, 0.25) is 0 Å². The van der Waals surface area contributed by atoms with Crippen molar-refractivity contribution in [2.45, 2.75) is 39.5 Å². The number of aryl methyl sites for hydroxylation is 3. The summed E-state index contributed by atoms with van der Waals surface area (Å²) in [5, 5.41) is 0. The van der Waals surface area contributed by atoms with Gasteiger partial charge in [0.15, 0.2) is 11.6 Å². The minimum absolute atomic E-state index is 0.0475. The Balaban J connectivity index is 1.90. The summed E-state index contributed by atoms with van der Waals surface area (Å²) >= 11 is 0. The molecule has 0 atom stereocenters. The molecule has 7 nitrogen and oxygen atoms in total. The van der Waals surface area contributed by atoms with Gasteiger partial charge < -0.3 is 9.47 Å². The van der Waals surface area contributed by atoms with Gasteiger partial charge in [-0.2, -0.15) is 8.42 Å².